The van der Waals surface area contributed by atoms with Gasteiger partial charge in [0.2, 0.25) is 0 Å². The van der Waals surface area contributed by atoms with Crippen molar-refractivity contribution in [3.8, 4) is 0 Å². The number of ketones is 1. The first-order chi connectivity index (χ1) is 8.97. The van der Waals surface area contributed by atoms with Gasteiger partial charge in [0.05, 0.1) is 11.7 Å². The molecule has 2 nitrogen and oxygen atoms in total. The van der Waals surface area contributed by atoms with Gasteiger partial charge in [-0.2, -0.15) is 13.2 Å². The number of Topliss-reactive ketones (excluding diaryl/α,β-unsaturated/α-hetero) is 1. The van der Waals surface area contributed by atoms with Crippen LogP contribution in [-0.2, 0) is 10.9 Å². The number of alkyl halides is 3. The van der Waals surface area contributed by atoms with E-state index < -0.39 is 11.7 Å². The van der Waals surface area contributed by atoms with E-state index >= 15 is 0 Å². The Balaban J connectivity index is 1.92. The third-order valence-corrected chi connectivity index (χ3v) is 3.25. The Morgan fingerprint density at radius 1 is 1.26 bits per heavy atom. The topological polar surface area (TPSA) is 26.3 Å². The van der Waals surface area contributed by atoms with Crippen molar-refractivity contribution in [1.82, 2.24) is 0 Å². The second kappa shape index (κ2) is 5.74. The molecule has 1 aliphatic heterocycles. The molecular weight excluding hydrogens is 257 g/mol. The molecule has 0 aliphatic carbocycles. The van der Waals surface area contributed by atoms with Crippen LogP contribution in [-0.4, -0.2) is 18.5 Å². The first kappa shape index (κ1) is 14.1. The molecule has 19 heavy (non-hydrogen) atoms. The zero-order valence-corrected chi connectivity index (χ0v) is 10.4. The van der Waals surface area contributed by atoms with Crippen molar-refractivity contribution in [3.05, 3.63) is 35.4 Å². The highest BCUT2D eigenvalue weighted by Crippen LogP contribution is 2.29. The summed E-state index contributed by atoms with van der Waals surface area (Å²) in [5.74, 6) is -0.135. The smallest absolute Gasteiger partial charge is 0.378 e. The minimum Gasteiger partial charge on any atom is -0.378 e. The van der Waals surface area contributed by atoms with Crippen molar-refractivity contribution in [3.63, 3.8) is 0 Å². The largest absolute Gasteiger partial charge is 0.416 e. The van der Waals surface area contributed by atoms with Gasteiger partial charge in [-0.15, -0.1) is 0 Å². The number of hydrogen-bond acceptors (Lipinski definition) is 2. The average Bonchev–Trinajstić information content (AvgIpc) is 2.88. The highest BCUT2D eigenvalue weighted by Gasteiger charge is 2.30. The van der Waals surface area contributed by atoms with Crippen LogP contribution in [0.25, 0.3) is 0 Å². The van der Waals surface area contributed by atoms with Crippen molar-refractivity contribution in [2.75, 3.05) is 6.61 Å². The Morgan fingerprint density at radius 2 is 1.95 bits per heavy atom. The Labute approximate surface area is 109 Å². The van der Waals surface area contributed by atoms with Gasteiger partial charge in [-0.05, 0) is 31.4 Å². The summed E-state index contributed by atoms with van der Waals surface area (Å²) in [6, 6.07) is 4.36. The predicted octanol–water partition coefficient (Wildman–Crippen LogP) is 3.85. The molecule has 0 N–H and O–H groups in total. The molecule has 1 atom stereocenters. The Kier molecular flexibility index (Phi) is 4.24. The van der Waals surface area contributed by atoms with Crippen LogP contribution in [0.3, 0.4) is 0 Å². The van der Waals surface area contributed by atoms with Gasteiger partial charge in [0, 0.05) is 18.6 Å². The van der Waals surface area contributed by atoms with E-state index in [1.165, 1.54) is 12.1 Å². The lowest BCUT2D eigenvalue weighted by Crippen LogP contribution is -2.09. The van der Waals surface area contributed by atoms with Crippen molar-refractivity contribution in [2.45, 2.75) is 38.0 Å². The Morgan fingerprint density at radius 3 is 2.47 bits per heavy atom. The highest BCUT2D eigenvalue weighted by molar-refractivity contribution is 5.96. The van der Waals surface area contributed by atoms with E-state index in [-0.39, 0.29) is 11.9 Å². The molecule has 1 aromatic rings. The molecule has 0 bridgehead atoms. The van der Waals surface area contributed by atoms with Gasteiger partial charge in [-0.25, -0.2) is 0 Å². The van der Waals surface area contributed by atoms with Crippen molar-refractivity contribution in [1.29, 1.82) is 0 Å². The summed E-state index contributed by atoms with van der Waals surface area (Å²) in [5.41, 5.74) is -0.408. The van der Waals surface area contributed by atoms with E-state index in [1.54, 1.807) is 0 Å². The number of carbonyl (C=O) groups is 1. The molecular formula is C14H15F3O2. The van der Waals surface area contributed by atoms with Gasteiger partial charge in [0.25, 0.3) is 0 Å². The maximum atomic E-state index is 12.4. The van der Waals surface area contributed by atoms with Gasteiger partial charge < -0.3 is 4.74 Å². The van der Waals surface area contributed by atoms with Crippen molar-refractivity contribution in [2.24, 2.45) is 0 Å². The lowest BCUT2D eigenvalue weighted by molar-refractivity contribution is -0.137. The molecule has 0 radical (unpaired) electrons. The van der Waals surface area contributed by atoms with E-state index in [2.05, 4.69) is 0 Å². The third kappa shape index (κ3) is 3.80. The number of halogens is 3. The molecule has 1 unspecified atom stereocenters. The maximum absolute atomic E-state index is 12.4. The van der Waals surface area contributed by atoms with Crippen LogP contribution >= 0.6 is 0 Å². The lowest BCUT2D eigenvalue weighted by Gasteiger charge is -2.09. The van der Waals surface area contributed by atoms with Crippen LogP contribution in [0.2, 0.25) is 0 Å². The number of benzene rings is 1. The van der Waals surface area contributed by atoms with E-state index in [1.807, 2.05) is 0 Å². The fraction of sp³-hybridized carbons (Fsp3) is 0.500. The second-order valence-corrected chi connectivity index (χ2v) is 4.67. The van der Waals surface area contributed by atoms with E-state index in [9.17, 15) is 18.0 Å². The molecule has 0 saturated carbocycles. The summed E-state index contributed by atoms with van der Waals surface area (Å²) in [5, 5.41) is 0. The molecule has 0 spiro atoms. The summed E-state index contributed by atoms with van der Waals surface area (Å²) in [6.07, 6.45) is -1.31. The van der Waals surface area contributed by atoms with Crippen LogP contribution in [0.5, 0.6) is 0 Å². The predicted molar refractivity (Wildman–Crippen MR) is 64.0 cm³/mol. The zero-order chi connectivity index (χ0) is 13.9. The number of rotatable bonds is 4. The molecule has 1 aliphatic rings. The monoisotopic (exact) mass is 272 g/mol. The van der Waals surface area contributed by atoms with E-state index in [4.69, 9.17) is 4.74 Å². The summed E-state index contributed by atoms with van der Waals surface area (Å²) in [7, 11) is 0. The normalized spacial score (nSPS) is 19.6. The first-order valence-corrected chi connectivity index (χ1v) is 6.29. The fourth-order valence-electron chi connectivity index (χ4n) is 2.15. The number of carbonyl (C=O) groups excluding carboxylic acids is 1. The standard InChI is InChI=1S/C14H15F3O2/c15-14(16,17)11-5-3-10(4-6-11)13(18)8-7-12-2-1-9-19-12/h3-6,12H,1-2,7-9H2. The van der Waals surface area contributed by atoms with Gasteiger partial charge in [0.1, 0.15) is 0 Å². The Bertz CT molecular complexity index is 431. The molecule has 5 heteroatoms. The summed E-state index contributed by atoms with van der Waals surface area (Å²) < 4.78 is 42.5. The van der Waals surface area contributed by atoms with Crippen LogP contribution in [0.1, 0.15) is 41.6 Å². The number of hydrogen-bond donors (Lipinski definition) is 0. The van der Waals surface area contributed by atoms with Crippen LogP contribution < -0.4 is 0 Å². The minimum atomic E-state index is -4.36. The van der Waals surface area contributed by atoms with Crippen LogP contribution in [0.15, 0.2) is 24.3 Å². The zero-order valence-electron chi connectivity index (χ0n) is 10.4. The summed E-state index contributed by atoms with van der Waals surface area (Å²) in [6.45, 7) is 0.735. The molecule has 104 valence electrons. The lowest BCUT2D eigenvalue weighted by atomic mass is 10.0. The minimum absolute atomic E-state index is 0.124. The molecule has 0 aromatic heterocycles. The third-order valence-electron chi connectivity index (χ3n) is 3.25. The summed E-state index contributed by atoms with van der Waals surface area (Å²) in [4.78, 5) is 11.8. The van der Waals surface area contributed by atoms with E-state index in [0.717, 1.165) is 31.6 Å². The van der Waals surface area contributed by atoms with Gasteiger partial charge >= 0.3 is 6.18 Å². The molecule has 1 fully saturated rings. The first-order valence-electron chi connectivity index (χ1n) is 6.29. The number of ether oxygens (including phenoxy) is 1. The van der Waals surface area contributed by atoms with Crippen molar-refractivity contribution < 1.29 is 22.7 Å². The quantitative estimate of drug-likeness (QED) is 0.778. The van der Waals surface area contributed by atoms with Gasteiger partial charge in [-0.3, -0.25) is 4.79 Å². The van der Waals surface area contributed by atoms with Gasteiger partial charge in [-0.1, -0.05) is 12.1 Å². The molecule has 1 heterocycles. The maximum Gasteiger partial charge on any atom is 0.416 e. The fourth-order valence-corrected chi connectivity index (χ4v) is 2.15. The van der Waals surface area contributed by atoms with Crippen LogP contribution in [0.4, 0.5) is 13.2 Å². The molecule has 1 aromatic carbocycles. The molecule has 0 amide bonds. The van der Waals surface area contributed by atoms with Crippen molar-refractivity contribution >= 4 is 5.78 Å². The molecule has 2 rings (SSSR count). The van der Waals surface area contributed by atoms with E-state index in [0.29, 0.717) is 18.4 Å². The highest BCUT2D eigenvalue weighted by atomic mass is 19.4. The second-order valence-electron chi connectivity index (χ2n) is 4.67. The Hall–Kier alpha value is -1.36. The SMILES string of the molecule is O=C(CCC1CCCO1)c1ccc(C(F)(F)F)cc1. The van der Waals surface area contributed by atoms with Gasteiger partial charge in [0.15, 0.2) is 5.78 Å². The molecule has 1 saturated heterocycles. The van der Waals surface area contributed by atoms with Crippen LogP contribution in [0, 0.1) is 0 Å². The summed E-state index contributed by atoms with van der Waals surface area (Å²) >= 11 is 0. The average molecular weight is 272 g/mol.